The molecule has 0 heterocycles. The summed E-state index contributed by atoms with van der Waals surface area (Å²) < 4.78 is 23.6. The number of aliphatic hydroxyl groups excluding tert-OH is 1. The van der Waals surface area contributed by atoms with Crippen LogP contribution in [0, 0.1) is 22.7 Å². The van der Waals surface area contributed by atoms with E-state index in [-0.39, 0.29) is 35.7 Å². The largest absolute Gasteiger partial charge is 0.390 e. The first-order valence-corrected chi connectivity index (χ1v) is 13.0. The number of hydrogen-bond donors (Lipinski definition) is 1. The van der Waals surface area contributed by atoms with E-state index in [1.54, 1.807) is 6.08 Å². The Morgan fingerprint density at radius 1 is 1.22 bits per heavy atom. The zero-order chi connectivity index (χ0) is 23.4. The van der Waals surface area contributed by atoms with Crippen LogP contribution in [0.25, 0.3) is 0 Å². The van der Waals surface area contributed by atoms with Gasteiger partial charge in [0.2, 0.25) is 0 Å². The molecule has 6 heteroatoms. The van der Waals surface area contributed by atoms with E-state index in [2.05, 4.69) is 6.92 Å². The number of hydrogen-bond acceptors (Lipinski definition) is 4. The van der Waals surface area contributed by atoms with E-state index in [1.165, 1.54) is 0 Å². The van der Waals surface area contributed by atoms with Crippen LogP contribution < -0.4 is 0 Å². The van der Waals surface area contributed by atoms with Crippen molar-refractivity contribution in [1.82, 2.24) is 0 Å². The molecule has 4 nitrogen and oxygen atoms in total. The molecule has 0 radical (unpaired) electrons. The van der Waals surface area contributed by atoms with Gasteiger partial charge in [-0.15, -0.1) is 11.6 Å². The summed E-state index contributed by atoms with van der Waals surface area (Å²) in [4.78, 5) is 25.3. The topological polar surface area (TPSA) is 63.6 Å². The number of ketones is 2. The van der Waals surface area contributed by atoms with Crippen molar-refractivity contribution in [2.45, 2.75) is 102 Å². The Morgan fingerprint density at radius 3 is 2.66 bits per heavy atom. The molecule has 0 saturated heterocycles. The van der Waals surface area contributed by atoms with Gasteiger partial charge in [-0.1, -0.05) is 39.2 Å². The van der Waals surface area contributed by atoms with Gasteiger partial charge < -0.3 is 9.84 Å². The van der Waals surface area contributed by atoms with Gasteiger partial charge in [-0.25, -0.2) is 4.39 Å². The maximum absolute atomic E-state index is 17.2. The summed E-state index contributed by atoms with van der Waals surface area (Å²) in [6, 6.07) is 0. The lowest BCUT2D eigenvalue weighted by Crippen LogP contribution is -2.69. The van der Waals surface area contributed by atoms with Crippen LogP contribution in [0.15, 0.2) is 11.6 Å². The fourth-order valence-electron chi connectivity index (χ4n) is 8.04. The Bertz CT molecular complexity index is 814. The van der Waals surface area contributed by atoms with Gasteiger partial charge in [0.05, 0.1) is 12.0 Å². The van der Waals surface area contributed by atoms with Crippen molar-refractivity contribution in [3.8, 4) is 0 Å². The van der Waals surface area contributed by atoms with E-state index in [1.807, 2.05) is 13.8 Å². The molecule has 4 rings (SSSR count). The van der Waals surface area contributed by atoms with E-state index in [0.29, 0.717) is 45.1 Å². The third-order valence-corrected chi connectivity index (χ3v) is 10.1. The number of allylic oxidation sites excluding steroid dienone is 1. The Balaban J connectivity index is 1.72. The summed E-state index contributed by atoms with van der Waals surface area (Å²) in [7, 11) is 0. The minimum atomic E-state index is -1.80. The lowest BCUT2D eigenvalue weighted by atomic mass is 9.44. The standard InChI is InChI=1S/C26H38ClFO4/c1-4-5-6-13-32-25(22(31)16-27)12-10-19-20-8-7-17-14-18(29)9-11-23(17,2)26(20,28)21(30)15-24(19,25)3/h14,19-21,30H,4-13,15-16H2,1-3H3/t19-,20-,21?,23-,24-,25-,26-/m0/s1. The number of ether oxygens (including phenoxy) is 1. The van der Waals surface area contributed by atoms with E-state index in [4.69, 9.17) is 16.3 Å². The summed E-state index contributed by atoms with van der Waals surface area (Å²) in [5.41, 5.74) is -3.51. The van der Waals surface area contributed by atoms with Crippen molar-refractivity contribution >= 4 is 23.2 Å². The predicted octanol–water partition coefficient (Wildman–Crippen LogP) is 5.33. The third kappa shape index (κ3) is 3.13. The first-order chi connectivity index (χ1) is 15.1. The highest BCUT2D eigenvalue weighted by atomic mass is 35.5. The molecule has 0 aliphatic heterocycles. The normalized spacial score (nSPS) is 45.6. The van der Waals surface area contributed by atoms with Crippen molar-refractivity contribution in [3.05, 3.63) is 11.6 Å². The Hall–Kier alpha value is -0.780. The Kier molecular flexibility index (Phi) is 6.44. The van der Waals surface area contributed by atoms with Gasteiger partial charge in [-0.2, -0.15) is 0 Å². The monoisotopic (exact) mass is 468 g/mol. The van der Waals surface area contributed by atoms with Gasteiger partial charge in [0.1, 0.15) is 11.3 Å². The van der Waals surface area contributed by atoms with Crippen LogP contribution in [0.4, 0.5) is 4.39 Å². The maximum atomic E-state index is 17.2. The predicted molar refractivity (Wildman–Crippen MR) is 122 cm³/mol. The number of carbonyl (C=O) groups excluding carboxylic acids is 2. The fraction of sp³-hybridized carbons (Fsp3) is 0.846. The van der Waals surface area contributed by atoms with Crippen LogP contribution in [0.5, 0.6) is 0 Å². The average Bonchev–Trinajstić information content (AvgIpc) is 3.05. The van der Waals surface area contributed by atoms with E-state index >= 15 is 4.39 Å². The second-order valence-electron chi connectivity index (χ2n) is 11.1. The van der Waals surface area contributed by atoms with Crippen LogP contribution in [0.3, 0.4) is 0 Å². The zero-order valence-corrected chi connectivity index (χ0v) is 20.5. The molecule has 3 fully saturated rings. The van der Waals surface area contributed by atoms with Crippen molar-refractivity contribution in [2.24, 2.45) is 22.7 Å². The highest BCUT2D eigenvalue weighted by molar-refractivity contribution is 6.29. The van der Waals surface area contributed by atoms with Gasteiger partial charge >= 0.3 is 0 Å². The van der Waals surface area contributed by atoms with Gasteiger partial charge in [0.15, 0.2) is 11.6 Å². The van der Waals surface area contributed by atoms with Crippen LogP contribution in [-0.4, -0.2) is 46.5 Å². The molecule has 180 valence electrons. The molecular formula is C26H38ClFO4. The smallest absolute Gasteiger partial charge is 0.179 e. The Morgan fingerprint density at radius 2 is 1.97 bits per heavy atom. The quantitative estimate of drug-likeness (QED) is 0.405. The lowest BCUT2D eigenvalue weighted by molar-refractivity contribution is -0.232. The molecule has 0 spiro atoms. The molecule has 1 unspecified atom stereocenters. The number of aliphatic hydroxyl groups is 1. The second kappa shape index (κ2) is 8.46. The molecular weight excluding hydrogens is 431 g/mol. The second-order valence-corrected chi connectivity index (χ2v) is 11.4. The van der Waals surface area contributed by atoms with Gasteiger partial charge in [0, 0.05) is 29.8 Å². The molecule has 3 saturated carbocycles. The molecule has 4 aliphatic rings. The van der Waals surface area contributed by atoms with E-state index in [9.17, 15) is 14.7 Å². The van der Waals surface area contributed by atoms with Crippen LogP contribution >= 0.6 is 11.6 Å². The third-order valence-electron chi connectivity index (χ3n) is 9.83. The summed E-state index contributed by atoms with van der Waals surface area (Å²) in [5.74, 6) is -0.640. The number of alkyl halides is 2. The average molecular weight is 469 g/mol. The number of unbranched alkanes of at least 4 members (excludes halogenated alkanes) is 2. The van der Waals surface area contributed by atoms with Gasteiger partial charge in [-0.3, -0.25) is 9.59 Å². The minimum absolute atomic E-state index is 0.0581. The number of rotatable bonds is 7. The maximum Gasteiger partial charge on any atom is 0.179 e. The molecule has 4 aliphatic carbocycles. The van der Waals surface area contributed by atoms with Crippen molar-refractivity contribution < 1.29 is 23.8 Å². The first-order valence-electron chi connectivity index (χ1n) is 12.4. The zero-order valence-electron chi connectivity index (χ0n) is 19.7. The van der Waals surface area contributed by atoms with Gasteiger partial charge in [-0.05, 0) is 56.9 Å². The van der Waals surface area contributed by atoms with E-state index < -0.39 is 28.2 Å². The van der Waals surface area contributed by atoms with Crippen molar-refractivity contribution in [3.63, 3.8) is 0 Å². The summed E-state index contributed by atoms with van der Waals surface area (Å²) in [6.07, 6.45) is 6.79. The lowest BCUT2D eigenvalue weighted by Gasteiger charge is -2.63. The summed E-state index contributed by atoms with van der Waals surface area (Å²) in [6.45, 7) is 6.52. The van der Waals surface area contributed by atoms with Crippen LogP contribution in [-0.2, 0) is 14.3 Å². The number of Topliss-reactive ketones (excluding diaryl/α,β-unsaturated/α-hetero) is 1. The molecule has 32 heavy (non-hydrogen) atoms. The van der Waals surface area contributed by atoms with Gasteiger partial charge in [0.25, 0.3) is 0 Å². The number of halogens is 2. The SMILES string of the molecule is CCCCCO[C@]1(C(=O)CCl)CC[C@H]2[C@@H]3CCC4=CC(=O)CC[C@]4(C)[C@@]3(F)C(O)C[C@@]21C. The van der Waals surface area contributed by atoms with E-state index in [0.717, 1.165) is 24.8 Å². The highest BCUT2D eigenvalue weighted by Gasteiger charge is 2.74. The van der Waals surface area contributed by atoms with Crippen molar-refractivity contribution in [1.29, 1.82) is 0 Å². The number of carbonyl (C=O) groups is 2. The summed E-state index contributed by atoms with van der Waals surface area (Å²) >= 11 is 6.08. The minimum Gasteiger partial charge on any atom is -0.390 e. The van der Waals surface area contributed by atoms with Crippen LogP contribution in [0.1, 0.15) is 85.0 Å². The molecule has 7 atom stereocenters. The highest BCUT2D eigenvalue weighted by Crippen LogP contribution is 2.70. The van der Waals surface area contributed by atoms with Crippen molar-refractivity contribution in [2.75, 3.05) is 12.5 Å². The van der Waals surface area contributed by atoms with Crippen LogP contribution in [0.2, 0.25) is 0 Å². The fourth-order valence-corrected chi connectivity index (χ4v) is 8.26. The molecule has 0 amide bonds. The number of fused-ring (bicyclic) bond motifs is 5. The molecule has 0 bridgehead atoms. The molecule has 1 N–H and O–H groups in total. The summed E-state index contributed by atoms with van der Waals surface area (Å²) in [5, 5.41) is 11.5. The Labute approximate surface area is 196 Å². The first kappa shape index (κ1) is 24.3. The molecule has 0 aromatic rings. The molecule has 0 aromatic carbocycles. The molecule has 0 aromatic heterocycles.